The van der Waals surface area contributed by atoms with Gasteiger partial charge >= 0.3 is 23.9 Å². The Morgan fingerprint density at radius 2 is 1.09 bits per heavy atom. The first-order chi connectivity index (χ1) is 10.8. The van der Waals surface area contributed by atoms with E-state index in [-0.39, 0.29) is 16.7 Å². The molecule has 1 aromatic carbocycles. The van der Waals surface area contributed by atoms with Crippen molar-refractivity contribution in [1.29, 1.82) is 0 Å². The van der Waals surface area contributed by atoms with Gasteiger partial charge in [-0.3, -0.25) is 0 Å². The average Bonchev–Trinajstić information content (AvgIpc) is 2.97. The highest BCUT2D eigenvalue weighted by Crippen LogP contribution is 2.09. The number of carbonyl (C=O) groups is 4. The van der Waals surface area contributed by atoms with Gasteiger partial charge in [0.2, 0.25) is 5.76 Å². The van der Waals surface area contributed by atoms with Crippen LogP contribution in [0.1, 0.15) is 41.6 Å². The van der Waals surface area contributed by atoms with Crippen molar-refractivity contribution >= 4 is 23.9 Å². The van der Waals surface area contributed by atoms with Crippen LogP contribution >= 0.6 is 0 Å². The van der Waals surface area contributed by atoms with Crippen LogP contribution in [0.4, 0.5) is 0 Å². The minimum absolute atomic E-state index is 0.190. The molecule has 1 aromatic heterocycles. The zero-order valence-corrected chi connectivity index (χ0v) is 11.3. The quantitative estimate of drug-likeness (QED) is 0.656. The molecule has 4 N–H and O–H groups in total. The molecule has 0 spiro atoms. The smallest absolute Gasteiger partial charge is 0.372 e. The van der Waals surface area contributed by atoms with Crippen molar-refractivity contribution in [3.8, 4) is 0 Å². The zero-order valence-electron chi connectivity index (χ0n) is 11.3. The molecule has 0 aliphatic rings. The lowest BCUT2D eigenvalue weighted by Crippen LogP contribution is -2.06. The Morgan fingerprint density at radius 1 is 0.652 bits per heavy atom. The average molecular weight is 322 g/mol. The Hall–Kier alpha value is -3.62. The highest BCUT2D eigenvalue weighted by molar-refractivity contribution is 6.01. The van der Waals surface area contributed by atoms with Crippen LogP contribution in [-0.2, 0) is 0 Å². The van der Waals surface area contributed by atoms with Crippen molar-refractivity contribution in [1.82, 2.24) is 0 Å². The Kier molecular flexibility index (Phi) is 5.61. The fraction of sp³-hybridized carbons (Fsp3) is 0. The first kappa shape index (κ1) is 17.4. The van der Waals surface area contributed by atoms with Gasteiger partial charge in [0.1, 0.15) is 5.56 Å². The van der Waals surface area contributed by atoms with Gasteiger partial charge in [0.15, 0.2) is 0 Å². The summed E-state index contributed by atoms with van der Waals surface area (Å²) in [5.74, 6) is -5.69. The van der Waals surface area contributed by atoms with E-state index in [0.717, 1.165) is 12.3 Å². The Morgan fingerprint density at radius 3 is 1.39 bits per heavy atom. The van der Waals surface area contributed by atoms with Crippen molar-refractivity contribution < 1.29 is 44.0 Å². The molecule has 0 fully saturated rings. The highest BCUT2D eigenvalue weighted by Gasteiger charge is 2.18. The molecule has 0 radical (unpaired) electrons. The molecule has 0 unspecified atom stereocenters. The third kappa shape index (κ3) is 4.43. The maximum atomic E-state index is 10.5. The normalized spacial score (nSPS) is 9.39. The standard InChI is InChI=1S/C8H6O4.C6H4O5/c9-7(10)5-3-1-2-4-6(5)8(11)12;7-5(8)3-1-2-11-4(3)6(9)10/h1-4H,(H,9,10)(H,11,12);1-2H,(H,7,8)(H,9,10). The number of carboxylic acids is 4. The summed E-state index contributed by atoms with van der Waals surface area (Å²) < 4.78 is 4.41. The van der Waals surface area contributed by atoms with Crippen LogP contribution < -0.4 is 0 Å². The van der Waals surface area contributed by atoms with Gasteiger partial charge in [0.25, 0.3) is 0 Å². The zero-order chi connectivity index (χ0) is 17.6. The summed E-state index contributed by atoms with van der Waals surface area (Å²) in [6.07, 6.45) is 1.02. The molecule has 0 saturated carbocycles. The second-order valence-electron chi connectivity index (χ2n) is 3.93. The number of hydrogen-bond acceptors (Lipinski definition) is 5. The van der Waals surface area contributed by atoms with Crippen molar-refractivity contribution in [3.63, 3.8) is 0 Å². The molecule has 0 bridgehead atoms. The van der Waals surface area contributed by atoms with Gasteiger partial charge in [-0.15, -0.1) is 0 Å². The predicted molar refractivity (Wildman–Crippen MR) is 73.0 cm³/mol. The van der Waals surface area contributed by atoms with Gasteiger partial charge < -0.3 is 24.8 Å². The molecule has 9 nitrogen and oxygen atoms in total. The van der Waals surface area contributed by atoms with Crippen LogP contribution in [0.25, 0.3) is 0 Å². The fourth-order valence-electron chi connectivity index (χ4n) is 1.50. The molecule has 2 rings (SSSR count). The second kappa shape index (κ2) is 7.41. The lowest BCUT2D eigenvalue weighted by Gasteiger charge is -1.98. The van der Waals surface area contributed by atoms with E-state index in [0.29, 0.717) is 0 Å². The monoisotopic (exact) mass is 322 g/mol. The van der Waals surface area contributed by atoms with Crippen LogP contribution in [0.5, 0.6) is 0 Å². The number of benzene rings is 1. The maximum Gasteiger partial charge on any atom is 0.372 e. The van der Waals surface area contributed by atoms with E-state index in [1.165, 1.54) is 24.3 Å². The Labute approximate surface area is 128 Å². The van der Waals surface area contributed by atoms with E-state index in [4.69, 9.17) is 20.4 Å². The summed E-state index contributed by atoms with van der Waals surface area (Å²) >= 11 is 0. The van der Waals surface area contributed by atoms with E-state index in [1.807, 2.05) is 0 Å². The van der Waals surface area contributed by atoms with Crippen molar-refractivity contribution in [2.75, 3.05) is 0 Å². The molecular weight excluding hydrogens is 312 g/mol. The van der Waals surface area contributed by atoms with Crippen LogP contribution in [0.2, 0.25) is 0 Å². The minimum Gasteiger partial charge on any atom is -0.478 e. The van der Waals surface area contributed by atoms with Gasteiger partial charge in [0.05, 0.1) is 17.4 Å². The summed E-state index contributed by atoms with van der Waals surface area (Å²) in [6, 6.07) is 6.56. The number of aromatic carboxylic acids is 4. The molecule has 9 heteroatoms. The second-order valence-corrected chi connectivity index (χ2v) is 3.93. The lowest BCUT2D eigenvalue weighted by atomic mass is 10.1. The highest BCUT2D eigenvalue weighted by atomic mass is 16.4. The lowest BCUT2D eigenvalue weighted by molar-refractivity contribution is 0.0625. The summed E-state index contributed by atoms with van der Waals surface area (Å²) in [5, 5.41) is 33.8. The predicted octanol–water partition coefficient (Wildman–Crippen LogP) is 1.76. The molecule has 0 amide bonds. The first-order valence-corrected chi connectivity index (χ1v) is 5.85. The number of furan rings is 1. The van der Waals surface area contributed by atoms with E-state index in [2.05, 4.69) is 4.42 Å². The van der Waals surface area contributed by atoms with Crippen molar-refractivity contribution in [2.24, 2.45) is 0 Å². The largest absolute Gasteiger partial charge is 0.478 e. The third-order valence-electron chi connectivity index (χ3n) is 2.48. The number of carboxylic acid groups (broad SMARTS) is 4. The summed E-state index contributed by atoms with van der Waals surface area (Å²) in [5.41, 5.74) is -0.715. The van der Waals surface area contributed by atoms with Gasteiger partial charge in [0, 0.05) is 0 Å². The summed E-state index contributed by atoms with van der Waals surface area (Å²) in [6.45, 7) is 0. The van der Waals surface area contributed by atoms with Crippen LogP contribution in [0, 0.1) is 0 Å². The minimum atomic E-state index is -1.38. The molecule has 0 saturated heterocycles. The summed E-state index contributed by atoms with van der Waals surface area (Å²) in [4.78, 5) is 41.4. The van der Waals surface area contributed by atoms with Crippen LogP contribution in [-0.4, -0.2) is 44.3 Å². The van der Waals surface area contributed by atoms with E-state index in [1.54, 1.807) is 0 Å². The van der Waals surface area contributed by atoms with E-state index >= 15 is 0 Å². The van der Waals surface area contributed by atoms with E-state index < -0.39 is 29.6 Å². The molecule has 0 aliphatic carbocycles. The van der Waals surface area contributed by atoms with Crippen LogP contribution in [0.3, 0.4) is 0 Å². The number of hydrogen-bond donors (Lipinski definition) is 4. The topological polar surface area (TPSA) is 162 Å². The SMILES string of the molecule is O=C(O)c1ccccc1C(=O)O.O=C(O)c1ccoc1C(=O)O. The molecule has 0 atom stereocenters. The summed E-state index contributed by atoms with van der Waals surface area (Å²) in [7, 11) is 0. The van der Waals surface area contributed by atoms with Crippen molar-refractivity contribution in [3.05, 3.63) is 59.0 Å². The van der Waals surface area contributed by atoms with Crippen molar-refractivity contribution in [2.45, 2.75) is 0 Å². The number of rotatable bonds is 4. The molecular formula is C14H10O9. The molecule has 2 aromatic rings. The molecule has 23 heavy (non-hydrogen) atoms. The maximum absolute atomic E-state index is 10.5. The molecule has 1 heterocycles. The molecule has 0 aliphatic heterocycles. The third-order valence-corrected chi connectivity index (χ3v) is 2.48. The van der Waals surface area contributed by atoms with Gasteiger partial charge in [-0.1, -0.05) is 12.1 Å². The van der Waals surface area contributed by atoms with E-state index in [9.17, 15) is 19.2 Å². The van der Waals surface area contributed by atoms with Crippen LogP contribution in [0.15, 0.2) is 41.0 Å². The van der Waals surface area contributed by atoms with Gasteiger partial charge in [-0.25, -0.2) is 19.2 Å². The molecule has 120 valence electrons. The fourth-order valence-corrected chi connectivity index (χ4v) is 1.50. The Balaban J connectivity index is 0.000000231. The van der Waals surface area contributed by atoms with Gasteiger partial charge in [-0.2, -0.15) is 0 Å². The van der Waals surface area contributed by atoms with Gasteiger partial charge in [-0.05, 0) is 18.2 Å². The first-order valence-electron chi connectivity index (χ1n) is 5.85. The Bertz CT molecular complexity index is 696.